The SMILES string of the molecule is COCc1cccc(NC(=O)N2CCC[C@H](C(=O)O)C2)c1. The molecule has 0 bridgehead atoms. The Labute approximate surface area is 123 Å². The van der Waals surface area contributed by atoms with Crippen molar-refractivity contribution in [3.05, 3.63) is 29.8 Å². The number of carboxylic acids is 1. The van der Waals surface area contributed by atoms with Gasteiger partial charge < -0.3 is 20.1 Å². The van der Waals surface area contributed by atoms with Gasteiger partial charge in [-0.2, -0.15) is 0 Å². The number of piperidine rings is 1. The van der Waals surface area contributed by atoms with Crippen molar-refractivity contribution in [2.75, 3.05) is 25.5 Å². The molecule has 1 aliphatic rings. The number of carbonyl (C=O) groups is 2. The number of ether oxygens (including phenoxy) is 1. The van der Waals surface area contributed by atoms with Crippen molar-refractivity contribution in [2.24, 2.45) is 5.92 Å². The lowest BCUT2D eigenvalue weighted by molar-refractivity contribution is -0.143. The third-order valence-electron chi connectivity index (χ3n) is 3.55. The van der Waals surface area contributed by atoms with Crippen LogP contribution in [0.1, 0.15) is 18.4 Å². The average molecular weight is 292 g/mol. The Morgan fingerprint density at radius 3 is 3.00 bits per heavy atom. The van der Waals surface area contributed by atoms with Crippen LogP contribution < -0.4 is 5.32 Å². The van der Waals surface area contributed by atoms with E-state index in [1.54, 1.807) is 18.1 Å². The van der Waals surface area contributed by atoms with E-state index < -0.39 is 11.9 Å². The van der Waals surface area contributed by atoms with Crippen LogP contribution in [0.3, 0.4) is 0 Å². The van der Waals surface area contributed by atoms with E-state index >= 15 is 0 Å². The molecule has 0 aromatic heterocycles. The molecule has 0 unspecified atom stereocenters. The van der Waals surface area contributed by atoms with Crippen molar-refractivity contribution in [1.82, 2.24) is 4.90 Å². The summed E-state index contributed by atoms with van der Waals surface area (Å²) in [7, 11) is 1.62. The predicted molar refractivity (Wildman–Crippen MR) is 78.1 cm³/mol. The fourth-order valence-corrected chi connectivity index (χ4v) is 2.47. The first-order valence-corrected chi connectivity index (χ1v) is 6.96. The first kappa shape index (κ1) is 15.3. The zero-order valence-corrected chi connectivity index (χ0v) is 12.0. The highest BCUT2D eigenvalue weighted by atomic mass is 16.5. The van der Waals surface area contributed by atoms with E-state index in [9.17, 15) is 9.59 Å². The highest BCUT2D eigenvalue weighted by molar-refractivity contribution is 5.89. The number of anilines is 1. The third-order valence-corrected chi connectivity index (χ3v) is 3.55. The first-order valence-electron chi connectivity index (χ1n) is 6.96. The number of benzene rings is 1. The number of hydrogen-bond donors (Lipinski definition) is 2. The molecule has 6 heteroatoms. The van der Waals surface area contributed by atoms with Gasteiger partial charge in [-0.15, -0.1) is 0 Å². The number of likely N-dealkylation sites (tertiary alicyclic amines) is 1. The fraction of sp³-hybridized carbons (Fsp3) is 0.467. The summed E-state index contributed by atoms with van der Waals surface area (Å²) in [5.41, 5.74) is 1.66. The van der Waals surface area contributed by atoms with Gasteiger partial charge in [0, 0.05) is 25.9 Å². The summed E-state index contributed by atoms with van der Waals surface area (Å²) in [6.45, 7) is 1.33. The first-order chi connectivity index (χ1) is 10.1. The molecule has 1 saturated heterocycles. The molecule has 0 aliphatic carbocycles. The number of carbonyl (C=O) groups excluding carboxylic acids is 1. The maximum Gasteiger partial charge on any atom is 0.321 e. The monoisotopic (exact) mass is 292 g/mol. The molecular weight excluding hydrogens is 272 g/mol. The van der Waals surface area contributed by atoms with Crippen LogP contribution in [0.4, 0.5) is 10.5 Å². The molecule has 6 nitrogen and oxygen atoms in total. The van der Waals surface area contributed by atoms with Crippen LogP contribution in [-0.4, -0.2) is 42.2 Å². The third kappa shape index (κ3) is 4.19. The van der Waals surface area contributed by atoms with Crippen LogP contribution in [0.25, 0.3) is 0 Å². The summed E-state index contributed by atoms with van der Waals surface area (Å²) in [6.07, 6.45) is 1.34. The number of urea groups is 1. The van der Waals surface area contributed by atoms with E-state index in [0.717, 1.165) is 5.56 Å². The van der Waals surface area contributed by atoms with Crippen LogP contribution in [0.15, 0.2) is 24.3 Å². The number of amides is 2. The largest absolute Gasteiger partial charge is 0.481 e. The zero-order valence-electron chi connectivity index (χ0n) is 12.0. The van der Waals surface area contributed by atoms with Crippen molar-refractivity contribution >= 4 is 17.7 Å². The molecule has 1 fully saturated rings. The Morgan fingerprint density at radius 1 is 1.48 bits per heavy atom. The summed E-state index contributed by atoms with van der Waals surface area (Å²) < 4.78 is 5.06. The summed E-state index contributed by atoms with van der Waals surface area (Å²) >= 11 is 0. The minimum atomic E-state index is -0.838. The van der Waals surface area contributed by atoms with E-state index in [2.05, 4.69) is 5.32 Å². The van der Waals surface area contributed by atoms with Gasteiger partial charge in [0.25, 0.3) is 0 Å². The molecule has 2 amide bonds. The number of rotatable bonds is 4. The number of aliphatic carboxylic acids is 1. The van der Waals surface area contributed by atoms with Crippen molar-refractivity contribution < 1.29 is 19.4 Å². The molecule has 1 aliphatic heterocycles. The lowest BCUT2D eigenvalue weighted by Gasteiger charge is -2.30. The zero-order chi connectivity index (χ0) is 15.2. The van der Waals surface area contributed by atoms with E-state index in [-0.39, 0.29) is 12.6 Å². The Morgan fingerprint density at radius 2 is 2.29 bits per heavy atom. The lowest BCUT2D eigenvalue weighted by Crippen LogP contribution is -2.44. The minimum absolute atomic E-state index is 0.254. The second-order valence-corrected chi connectivity index (χ2v) is 5.19. The number of nitrogens with one attached hydrogen (secondary N) is 1. The second-order valence-electron chi connectivity index (χ2n) is 5.19. The summed E-state index contributed by atoms with van der Waals surface area (Å²) in [5, 5.41) is 11.9. The molecule has 0 radical (unpaired) electrons. The van der Waals surface area contributed by atoms with Gasteiger partial charge in [-0.1, -0.05) is 12.1 Å². The van der Waals surface area contributed by atoms with E-state index in [1.807, 2.05) is 18.2 Å². The standard InChI is InChI=1S/C15H20N2O4/c1-21-10-11-4-2-6-13(8-11)16-15(20)17-7-3-5-12(9-17)14(18)19/h2,4,6,8,12H,3,5,7,9-10H2,1H3,(H,16,20)(H,18,19)/t12-/m0/s1. The normalized spacial score (nSPS) is 18.3. The molecule has 1 aromatic rings. The molecule has 21 heavy (non-hydrogen) atoms. The van der Waals surface area contributed by atoms with Crippen molar-refractivity contribution in [1.29, 1.82) is 0 Å². The average Bonchev–Trinajstić information content (AvgIpc) is 2.48. The van der Waals surface area contributed by atoms with Gasteiger partial charge in [-0.05, 0) is 30.5 Å². The molecule has 2 rings (SSSR count). The smallest absolute Gasteiger partial charge is 0.321 e. The molecule has 0 saturated carbocycles. The molecule has 0 spiro atoms. The number of methoxy groups -OCH3 is 1. The topological polar surface area (TPSA) is 78.9 Å². The van der Waals surface area contributed by atoms with Crippen molar-refractivity contribution in [3.63, 3.8) is 0 Å². The van der Waals surface area contributed by atoms with Gasteiger partial charge in [0.1, 0.15) is 0 Å². The van der Waals surface area contributed by atoms with Gasteiger partial charge in [0.2, 0.25) is 0 Å². The second kappa shape index (κ2) is 7.08. The van der Waals surface area contributed by atoms with Gasteiger partial charge in [0.15, 0.2) is 0 Å². The number of carboxylic acid groups (broad SMARTS) is 1. The predicted octanol–water partition coefficient (Wildman–Crippen LogP) is 2.16. The van der Waals surface area contributed by atoms with E-state index in [0.29, 0.717) is 31.7 Å². The summed E-state index contributed by atoms with van der Waals surface area (Å²) in [4.78, 5) is 24.8. The van der Waals surface area contributed by atoms with Crippen LogP contribution >= 0.6 is 0 Å². The maximum absolute atomic E-state index is 12.2. The highest BCUT2D eigenvalue weighted by Crippen LogP contribution is 2.18. The summed E-state index contributed by atoms with van der Waals surface area (Å²) in [6, 6.07) is 7.16. The Balaban J connectivity index is 1.97. The molecule has 2 N–H and O–H groups in total. The fourth-order valence-electron chi connectivity index (χ4n) is 2.47. The number of hydrogen-bond acceptors (Lipinski definition) is 3. The Kier molecular flexibility index (Phi) is 5.16. The summed E-state index contributed by atoms with van der Waals surface area (Å²) in [5.74, 6) is -1.31. The molecule has 1 heterocycles. The highest BCUT2D eigenvalue weighted by Gasteiger charge is 2.28. The number of nitrogens with zero attached hydrogens (tertiary/aromatic N) is 1. The van der Waals surface area contributed by atoms with Crippen molar-refractivity contribution in [3.8, 4) is 0 Å². The van der Waals surface area contributed by atoms with Crippen molar-refractivity contribution in [2.45, 2.75) is 19.4 Å². The van der Waals surface area contributed by atoms with Crippen LogP contribution in [-0.2, 0) is 16.1 Å². The van der Waals surface area contributed by atoms with Gasteiger partial charge >= 0.3 is 12.0 Å². The molecule has 1 aromatic carbocycles. The lowest BCUT2D eigenvalue weighted by atomic mass is 9.99. The maximum atomic E-state index is 12.2. The molecule has 114 valence electrons. The van der Waals surface area contributed by atoms with Crippen LogP contribution in [0.2, 0.25) is 0 Å². The van der Waals surface area contributed by atoms with Crippen LogP contribution in [0, 0.1) is 5.92 Å². The van der Waals surface area contributed by atoms with Gasteiger partial charge in [-0.3, -0.25) is 4.79 Å². The quantitative estimate of drug-likeness (QED) is 0.891. The van der Waals surface area contributed by atoms with E-state index in [1.165, 1.54) is 0 Å². The molecule has 1 atom stereocenters. The Hall–Kier alpha value is -2.08. The van der Waals surface area contributed by atoms with Gasteiger partial charge in [0.05, 0.1) is 12.5 Å². The van der Waals surface area contributed by atoms with E-state index in [4.69, 9.17) is 9.84 Å². The Bertz CT molecular complexity index is 518. The minimum Gasteiger partial charge on any atom is -0.481 e. The molecular formula is C15H20N2O4. The van der Waals surface area contributed by atoms with Crippen LogP contribution in [0.5, 0.6) is 0 Å². The van der Waals surface area contributed by atoms with Gasteiger partial charge in [-0.25, -0.2) is 4.79 Å².